The van der Waals surface area contributed by atoms with Gasteiger partial charge in [0.2, 0.25) is 0 Å². The SMILES string of the molecule is CCOc1cc(OCC)c(C(=O)CC)c(OCC)c1. The number of benzene rings is 1. The van der Waals surface area contributed by atoms with Crippen molar-refractivity contribution in [1.82, 2.24) is 0 Å². The summed E-state index contributed by atoms with van der Waals surface area (Å²) in [5, 5.41) is 0. The standard InChI is InChI=1S/C15H22O4/c1-5-12(16)15-13(18-7-3)9-11(17-6-2)10-14(15)19-8-4/h9-10H,5-8H2,1-4H3. The Morgan fingerprint density at radius 1 is 0.895 bits per heavy atom. The molecular weight excluding hydrogens is 244 g/mol. The predicted molar refractivity (Wildman–Crippen MR) is 74.6 cm³/mol. The van der Waals surface area contributed by atoms with Crippen molar-refractivity contribution >= 4 is 5.78 Å². The van der Waals surface area contributed by atoms with Crippen LogP contribution in [0.15, 0.2) is 12.1 Å². The molecule has 1 aromatic carbocycles. The summed E-state index contributed by atoms with van der Waals surface area (Å²) in [5.41, 5.74) is 0.509. The maximum absolute atomic E-state index is 12.1. The first-order chi connectivity index (χ1) is 9.17. The Labute approximate surface area is 114 Å². The van der Waals surface area contributed by atoms with E-state index in [0.717, 1.165) is 0 Å². The summed E-state index contributed by atoms with van der Waals surface area (Å²) < 4.78 is 16.6. The fraction of sp³-hybridized carbons (Fsp3) is 0.533. The van der Waals surface area contributed by atoms with E-state index in [9.17, 15) is 4.79 Å². The van der Waals surface area contributed by atoms with E-state index in [4.69, 9.17) is 14.2 Å². The topological polar surface area (TPSA) is 44.8 Å². The molecule has 0 radical (unpaired) electrons. The van der Waals surface area contributed by atoms with Crippen molar-refractivity contribution in [2.75, 3.05) is 19.8 Å². The molecule has 0 aliphatic carbocycles. The molecule has 1 aromatic rings. The molecule has 0 spiro atoms. The molecule has 0 N–H and O–H groups in total. The maximum Gasteiger partial charge on any atom is 0.170 e. The summed E-state index contributed by atoms with van der Waals surface area (Å²) in [4.78, 5) is 12.1. The highest BCUT2D eigenvalue weighted by Gasteiger charge is 2.19. The number of carbonyl (C=O) groups excluding carboxylic acids is 1. The van der Waals surface area contributed by atoms with E-state index in [1.54, 1.807) is 12.1 Å². The highest BCUT2D eigenvalue weighted by molar-refractivity contribution is 6.01. The summed E-state index contributed by atoms with van der Waals surface area (Å²) >= 11 is 0. The summed E-state index contributed by atoms with van der Waals surface area (Å²) in [5.74, 6) is 1.73. The Morgan fingerprint density at radius 3 is 1.74 bits per heavy atom. The minimum absolute atomic E-state index is 0.00921. The van der Waals surface area contributed by atoms with Crippen molar-refractivity contribution in [1.29, 1.82) is 0 Å². The Kier molecular flexibility index (Phi) is 6.19. The van der Waals surface area contributed by atoms with Gasteiger partial charge in [0, 0.05) is 18.6 Å². The van der Waals surface area contributed by atoms with E-state index in [2.05, 4.69) is 0 Å². The first kappa shape index (κ1) is 15.3. The molecule has 0 aliphatic rings. The number of ether oxygens (including phenoxy) is 3. The van der Waals surface area contributed by atoms with Gasteiger partial charge in [0.05, 0.1) is 19.8 Å². The maximum atomic E-state index is 12.1. The summed E-state index contributed by atoms with van der Waals surface area (Å²) in [7, 11) is 0. The lowest BCUT2D eigenvalue weighted by Gasteiger charge is -2.16. The van der Waals surface area contributed by atoms with E-state index in [0.29, 0.717) is 49.1 Å². The molecule has 0 amide bonds. The third kappa shape index (κ3) is 3.88. The molecule has 0 heterocycles. The molecule has 0 unspecified atom stereocenters. The summed E-state index contributed by atoms with van der Waals surface area (Å²) in [6, 6.07) is 3.50. The monoisotopic (exact) mass is 266 g/mol. The Hall–Kier alpha value is -1.71. The van der Waals surface area contributed by atoms with Crippen LogP contribution in [0.25, 0.3) is 0 Å². The smallest absolute Gasteiger partial charge is 0.170 e. The second kappa shape index (κ2) is 7.67. The van der Waals surface area contributed by atoms with Crippen molar-refractivity contribution in [3.05, 3.63) is 17.7 Å². The zero-order valence-corrected chi connectivity index (χ0v) is 12.1. The Balaban J connectivity index is 3.32. The van der Waals surface area contributed by atoms with Crippen LogP contribution in [0.5, 0.6) is 17.2 Å². The summed E-state index contributed by atoms with van der Waals surface area (Å²) in [6.07, 6.45) is 0.411. The minimum Gasteiger partial charge on any atom is -0.494 e. The molecule has 0 fully saturated rings. The van der Waals surface area contributed by atoms with E-state index in [-0.39, 0.29) is 5.78 Å². The Morgan fingerprint density at radius 2 is 1.37 bits per heavy atom. The van der Waals surface area contributed by atoms with Gasteiger partial charge in [0.25, 0.3) is 0 Å². The van der Waals surface area contributed by atoms with E-state index in [1.807, 2.05) is 27.7 Å². The number of hydrogen-bond acceptors (Lipinski definition) is 4. The van der Waals surface area contributed by atoms with Crippen molar-refractivity contribution in [2.45, 2.75) is 34.1 Å². The first-order valence-electron chi connectivity index (χ1n) is 6.77. The largest absolute Gasteiger partial charge is 0.494 e. The van der Waals surface area contributed by atoms with Gasteiger partial charge in [-0.2, -0.15) is 0 Å². The van der Waals surface area contributed by atoms with Gasteiger partial charge in [0.15, 0.2) is 5.78 Å². The van der Waals surface area contributed by atoms with Crippen LogP contribution >= 0.6 is 0 Å². The average molecular weight is 266 g/mol. The molecule has 4 nitrogen and oxygen atoms in total. The third-order valence-electron chi connectivity index (χ3n) is 2.55. The fourth-order valence-corrected chi connectivity index (χ4v) is 1.81. The van der Waals surface area contributed by atoms with Gasteiger partial charge in [-0.05, 0) is 20.8 Å². The summed E-state index contributed by atoms with van der Waals surface area (Å²) in [6.45, 7) is 9.03. The Bertz CT molecular complexity index is 399. The minimum atomic E-state index is 0.00921. The number of ketones is 1. The lowest BCUT2D eigenvalue weighted by molar-refractivity contribution is 0.0980. The van der Waals surface area contributed by atoms with Crippen LogP contribution in [-0.4, -0.2) is 25.6 Å². The third-order valence-corrected chi connectivity index (χ3v) is 2.55. The average Bonchev–Trinajstić information content (AvgIpc) is 2.39. The van der Waals surface area contributed by atoms with Gasteiger partial charge in [-0.15, -0.1) is 0 Å². The normalized spacial score (nSPS) is 10.1. The second-order valence-corrected chi connectivity index (χ2v) is 3.87. The number of hydrogen-bond donors (Lipinski definition) is 0. The molecule has 4 heteroatoms. The first-order valence-corrected chi connectivity index (χ1v) is 6.77. The molecule has 106 valence electrons. The van der Waals surface area contributed by atoms with Crippen molar-refractivity contribution in [3.8, 4) is 17.2 Å². The number of rotatable bonds is 8. The number of carbonyl (C=O) groups is 1. The lowest BCUT2D eigenvalue weighted by atomic mass is 10.1. The van der Waals surface area contributed by atoms with Crippen LogP contribution in [0.4, 0.5) is 0 Å². The van der Waals surface area contributed by atoms with Gasteiger partial charge in [-0.25, -0.2) is 0 Å². The second-order valence-electron chi connectivity index (χ2n) is 3.87. The fourth-order valence-electron chi connectivity index (χ4n) is 1.81. The van der Waals surface area contributed by atoms with Gasteiger partial charge < -0.3 is 14.2 Å². The zero-order chi connectivity index (χ0) is 14.3. The van der Waals surface area contributed by atoms with Crippen LogP contribution in [0.2, 0.25) is 0 Å². The van der Waals surface area contributed by atoms with Crippen molar-refractivity contribution in [2.24, 2.45) is 0 Å². The molecule has 0 bridgehead atoms. The van der Waals surface area contributed by atoms with Crippen LogP contribution in [0, 0.1) is 0 Å². The molecule has 1 rings (SSSR count). The number of Topliss-reactive ketones (excluding diaryl/α,β-unsaturated/α-hetero) is 1. The van der Waals surface area contributed by atoms with Crippen LogP contribution in [-0.2, 0) is 0 Å². The predicted octanol–water partition coefficient (Wildman–Crippen LogP) is 3.48. The molecule has 0 atom stereocenters. The molecule has 19 heavy (non-hydrogen) atoms. The van der Waals surface area contributed by atoms with Gasteiger partial charge in [-0.1, -0.05) is 6.92 Å². The molecule has 0 saturated carbocycles. The van der Waals surface area contributed by atoms with Crippen LogP contribution in [0.3, 0.4) is 0 Å². The highest BCUT2D eigenvalue weighted by atomic mass is 16.5. The van der Waals surface area contributed by atoms with E-state index >= 15 is 0 Å². The van der Waals surface area contributed by atoms with Crippen LogP contribution in [0.1, 0.15) is 44.5 Å². The van der Waals surface area contributed by atoms with Gasteiger partial charge >= 0.3 is 0 Å². The van der Waals surface area contributed by atoms with E-state index in [1.165, 1.54) is 0 Å². The quantitative estimate of drug-likeness (QED) is 0.676. The molecule has 0 aromatic heterocycles. The lowest BCUT2D eigenvalue weighted by Crippen LogP contribution is -2.08. The highest BCUT2D eigenvalue weighted by Crippen LogP contribution is 2.35. The van der Waals surface area contributed by atoms with Gasteiger partial charge in [-0.3, -0.25) is 4.79 Å². The van der Waals surface area contributed by atoms with Crippen LogP contribution < -0.4 is 14.2 Å². The molecule has 0 saturated heterocycles. The van der Waals surface area contributed by atoms with Crippen molar-refractivity contribution in [3.63, 3.8) is 0 Å². The van der Waals surface area contributed by atoms with Gasteiger partial charge in [0.1, 0.15) is 22.8 Å². The molecule has 0 aliphatic heterocycles. The molecular formula is C15H22O4. The van der Waals surface area contributed by atoms with Crippen molar-refractivity contribution < 1.29 is 19.0 Å². The zero-order valence-electron chi connectivity index (χ0n) is 12.1. The van der Waals surface area contributed by atoms with E-state index < -0.39 is 0 Å².